The van der Waals surface area contributed by atoms with Crippen molar-refractivity contribution < 1.29 is 33.0 Å². The molecule has 0 aliphatic carbocycles. The average molecular weight is 487 g/mol. The maximum Gasteiger partial charge on any atom is 0.375 e. The van der Waals surface area contributed by atoms with Gasteiger partial charge in [0.15, 0.2) is 16.2 Å². The summed E-state index contributed by atoms with van der Waals surface area (Å²) in [6, 6.07) is 14.7. The van der Waals surface area contributed by atoms with Gasteiger partial charge in [0.25, 0.3) is 0 Å². The summed E-state index contributed by atoms with van der Waals surface area (Å²) in [5, 5.41) is 11.9. The molecule has 170 valence electrons. The van der Waals surface area contributed by atoms with Gasteiger partial charge in [0.1, 0.15) is 16.2 Å². The lowest BCUT2D eigenvalue weighted by Crippen LogP contribution is -2.03. The van der Waals surface area contributed by atoms with Crippen LogP contribution in [0.1, 0.15) is 34.1 Å². The molecule has 7 nitrogen and oxygen atoms in total. The Kier molecular flexibility index (Phi) is 6.57. The summed E-state index contributed by atoms with van der Waals surface area (Å²) in [5.41, 5.74) is 1.64. The summed E-state index contributed by atoms with van der Waals surface area (Å²) < 4.78 is 21.3. The maximum atomic E-state index is 11.7. The molecule has 3 heterocycles. The number of carbonyl (C=O) groups is 2. The average Bonchev–Trinajstić information content (AvgIpc) is 3.46. The number of halogens is 1. The number of para-hydroxylation sites is 2. The molecule has 0 unspecified atom stereocenters. The summed E-state index contributed by atoms with van der Waals surface area (Å²) in [4.78, 5) is 23.3. The monoisotopic (exact) mass is 486 g/mol. The summed E-state index contributed by atoms with van der Waals surface area (Å²) in [6.45, 7) is 4.03. The van der Waals surface area contributed by atoms with Crippen molar-refractivity contribution in [3.63, 3.8) is 0 Å². The van der Waals surface area contributed by atoms with E-state index in [-0.39, 0.29) is 23.0 Å². The number of carbonyl (C=O) groups excluding carboxylic acids is 2. The SMILES string of the molecule is CCOC(=O)c1oc2ccccc2c1Cl.CCOC(=O)c1sc2c(oc3ccccc32)c1O. The highest BCUT2D eigenvalue weighted by atomic mass is 35.5. The first-order valence-corrected chi connectivity index (χ1v) is 11.3. The Morgan fingerprint density at radius 2 is 1.48 bits per heavy atom. The molecule has 1 N–H and O–H groups in total. The molecule has 0 spiro atoms. The fraction of sp³-hybridized carbons (Fsp3) is 0.167. The second-order valence-corrected chi connectivity index (χ2v) is 8.12. The van der Waals surface area contributed by atoms with E-state index in [1.807, 2.05) is 36.4 Å². The van der Waals surface area contributed by atoms with Crippen LogP contribution in [0.5, 0.6) is 5.75 Å². The third-order valence-electron chi connectivity index (χ3n) is 4.64. The van der Waals surface area contributed by atoms with Crippen LogP contribution < -0.4 is 0 Å². The second kappa shape index (κ2) is 9.56. The predicted molar refractivity (Wildman–Crippen MR) is 126 cm³/mol. The van der Waals surface area contributed by atoms with Crippen molar-refractivity contribution in [2.45, 2.75) is 13.8 Å². The number of rotatable bonds is 4. The minimum atomic E-state index is -0.529. The van der Waals surface area contributed by atoms with E-state index in [9.17, 15) is 14.7 Å². The smallest absolute Gasteiger partial charge is 0.375 e. The van der Waals surface area contributed by atoms with E-state index in [1.165, 1.54) is 11.3 Å². The Bertz CT molecular complexity index is 1460. The minimum Gasteiger partial charge on any atom is -0.503 e. The quantitative estimate of drug-likeness (QED) is 0.279. The number of hydrogen-bond donors (Lipinski definition) is 1. The van der Waals surface area contributed by atoms with E-state index in [4.69, 9.17) is 29.9 Å². The van der Waals surface area contributed by atoms with Crippen molar-refractivity contribution in [3.05, 3.63) is 64.2 Å². The van der Waals surface area contributed by atoms with E-state index >= 15 is 0 Å². The van der Waals surface area contributed by atoms with Crippen LogP contribution in [0, 0.1) is 0 Å². The Morgan fingerprint density at radius 3 is 2.12 bits per heavy atom. The number of aromatic hydroxyl groups is 1. The lowest BCUT2D eigenvalue weighted by Gasteiger charge is -1.98. The molecule has 5 aromatic rings. The molecule has 2 aromatic carbocycles. The van der Waals surface area contributed by atoms with Crippen LogP contribution in [0.2, 0.25) is 5.02 Å². The van der Waals surface area contributed by atoms with Gasteiger partial charge in [-0.1, -0.05) is 35.9 Å². The van der Waals surface area contributed by atoms with Gasteiger partial charge < -0.3 is 23.4 Å². The Labute approximate surface area is 197 Å². The Hall–Kier alpha value is -3.49. The topological polar surface area (TPSA) is 99.1 Å². The van der Waals surface area contributed by atoms with E-state index in [2.05, 4.69) is 0 Å². The molecule has 0 fully saturated rings. The fourth-order valence-electron chi connectivity index (χ4n) is 3.21. The zero-order valence-corrected chi connectivity index (χ0v) is 19.3. The Morgan fingerprint density at radius 1 is 0.909 bits per heavy atom. The highest BCUT2D eigenvalue weighted by Gasteiger charge is 2.23. The lowest BCUT2D eigenvalue weighted by molar-refractivity contribution is 0.0490. The molecule has 0 aliphatic heterocycles. The molecule has 0 atom stereocenters. The lowest BCUT2D eigenvalue weighted by atomic mass is 10.2. The first-order valence-electron chi connectivity index (χ1n) is 10.1. The van der Waals surface area contributed by atoms with E-state index in [1.54, 1.807) is 26.0 Å². The molecule has 5 rings (SSSR count). The van der Waals surface area contributed by atoms with Crippen molar-refractivity contribution in [2.75, 3.05) is 13.2 Å². The minimum absolute atomic E-state index is 0.0692. The van der Waals surface area contributed by atoms with Gasteiger partial charge in [-0.15, -0.1) is 11.3 Å². The zero-order valence-electron chi connectivity index (χ0n) is 17.7. The van der Waals surface area contributed by atoms with Crippen molar-refractivity contribution in [1.29, 1.82) is 0 Å². The predicted octanol–water partition coefficient (Wildman–Crippen LogP) is 6.79. The number of benzene rings is 2. The third-order valence-corrected chi connectivity index (χ3v) is 6.19. The van der Waals surface area contributed by atoms with Gasteiger partial charge in [0, 0.05) is 10.8 Å². The summed E-state index contributed by atoms with van der Waals surface area (Å²) in [5.74, 6) is -1.11. The van der Waals surface area contributed by atoms with Gasteiger partial charge in [0.05, 0.1) is 17.9 Å². The number of ether oxygens (including phenoxy) is 2. The number of thiophene rings is 1. The normalized spacial score (nSPS) is 10.9. The maximum absolute atomic E-state index is 11.7. The van der Waals surface area contributed by atoms with Gasteiger partial charge in [-0.3, -0.25) is 0 Å². The van der Waals surface area contributed by atoms with E-state index in [0.717, 1.165) is 15.5 Å². The molecule has 0 saturated heterocycles. The Balaban J connectivity index is 0.000000160. The number of esters is 2. The van der Waals surface area contributed by atoms with Crippen LogP contribution in [0.3, 0.4) is 0 Å². The number of fused-ring (bicyclic) bond motifs is 4. The van der Waals surface area contributed by atoms with Crippen LogP contribution >= 0.6 is 22.9 Å². The highest BCUT2D eigenvalue weighted by Crippen LogP contribution is 2.43. The number of hydrogen-bond acceptors (Lipinski definition) is 8. The third kappa shape index (κ3) is 4.27. The summed E-state index contributed by atoms with van der Waals surface area (Å²) in [6.07, 6.45) is 0. The van der Waals surface area contributed by atoms with Gasteiger partial charge in [-0.25, -0.2) is 9.59 Å². The van der Waals surface area contributed by atoms with Gasteiger partial charge >= 0.3 is 11.9 Å². The molecular formula is C24H19ClO7S. The molecule has 0 amide bonds. The standard InChI is InChI=1S/C13H10O4S.C11H9ClO3/c1-2-16-13(15)12-9(14)10-11(18-12)7-5-3-4-6-8(7)17-10;1-2-14-11(13)10-9(12)7-5-3-4-6-8(7)15-10/h3-6,14H,2H2,1H3;3-6H,2H2,1H3. The van der Waals surface area contributed by atoms with Crippen LogP contribution in [-0.2, 0) is 9.47 Å². The van der Waals surface area contributed by atoms with Gasteiger partial charge in [0.2, 0.25) is 5.76 Å². The molecule has 0 aliphatic rings. The van der Waals surface area contributed by atoms with E-state index < -0.39 is 11.9 Å². The first-order chi connectivity index (χ1) is 16.0. The van der Waals surface area contributed by atoms with Crippen molar-refractivity contribution in [1.82, 2.24) is 0 Å². The molecule has 9 heteroatoms. The summed E-state index contributed by atoms with van der Waals surface area (Å²) in [7, 11) is 0. The van der Waals surface area contributed by atoms with Gasteiger partial charge in [-0.2, -0.15) is 0 Å². The first kappa shape index (κ1) is 22.7. The van der Waals surface area contributed by atoms with Crippen LogP contribution in [-0.4, -0.2) is 30.3 Å². The molecule has 0 bridgehead atoms. The van der Waals surface area contributed by atoms with Crippen molar-refractivity contribution in [3.8, 4) is 5.75 Å². The molecule has 33 heavy (non-hydrogen) atoms. The van der Waals surface area contributed by atoms with Crippen LogP contribution in [0.25, 0.3) is 32.2 Å². The summed E-state index contributed by atoms with van der Waals surface area (Å²) >= 11 is 7.18. The molecular weight excluding hydrogens is 468 g/mol. The van der Waals surface area contributed by atoms with Crippen LogP contribution in [0.4, 0.5) is 0 Å². The molecule has 3 aromatic heterocycles. The highest BCUT2D eigenvalue weighted by molar-refractivity contribution is 7.22. The van der Waals surface area contributed by atoms with E-state index in [0.29, 0.717) is 28.4 Å². The molecule has 0 radical (unpaired) electrons. The zero-order chi connectivity index (χ0) is 23.5. The molecule has 0 saturated carbocycles. The largest absolute Gasteiger partial charge is 0.503 e. The van der Waals surface area contributed by atoms with Crippen molar-refractivity contribution in [2.24, 2.45) is 0 Å². The van der Waals surface area contributed by atoms with Crippen LogP contribution in [0.15, 0.2) is 57.4 Å². The fourth-order valence-corrected chi connectivity index (χ4v) is 4.53. The second-order valence-electron chi connectivity index (χ2n) is 6.72. The number of furan rings is 2. The van der Waals surface area contributed by atoms with Crippen molar-refractivity contribution >= 4 is 67.1 Å². The van der Waals surface area contributed by atoms with Gasteiger partial charge in [-0.05, 0) is 38.1 Å².